The molecule has 43 heavy (non-hydrogen) atoms. The van der Waals surface area contributed by atoms with E-state index in [1.807, 2.05) is 0 Å². The van der Waals surface area contributed by atoms with Crippen molar-refractivity contribution in [2.45, 2.75) is 11.2 Å². The molecule has 0 bridgehead atoms. The Bertz CT molecular complexity index is 1330. The molecule has 0 heterocycles. The van der Waals surface area contributed by atoms with E-state index in [1.54, 1.807) is 0 Å². The quantitative estimate of drug-likeness (QED) is 0.125. The van der Waals surface area contributed by atoms with Gasteiger partial charge in [-0.1, -0.05) is 182 Å². The summed E-state index contributed by atoms with van der Waals surface area (Å²) >= 11 is 0. The molecule has 0 aliphatic heterocycles. The van der Waals surface area contributed by atoms with Crippen molar-refractivity contribution in [1.82, 2.24) is 0 Å². The van der Waals surface area contributed by atoms with E-state index >= 15 is 0 Å². The lowest BCUT2D eigenvalue weighted by atomic mass is 9.75. The summed E-state index contributed by atoms with van der Waals surface area (Å²) < 4.78 is 7.94. The van der Waals surface area contributed by atoms with Gasteiger partial charge in [0.2, 0.25) is 8.53 Å². The van der Waals surface area contributed by atoms with Crippen molar-refractivity contribution in [3.63, 3.8) is 0 Å². The van der Waals surface area contributed by atoms with Crippen LogP contribution in [0, 0.1) is 0 Å². The van der Waals surface area contributed by atoms with Gasteiger partial charge < -0.3 is 14.5 Å². The summed E-state index contributed by atoms with van der Waals surface area (Å²) in [4.78, 5) is 14.9. The predicted octanol–water partition coefficient (Wildman–Crippen LogP) is 8.14. The van der Waals surface area contributed by atoms with Crippen LogP contribution in [0.2, 0.25) is 0 Å². The summed E-state index contributed by atoms with van der Waals surface area (Å²) in [5.74, 6) is 0. The summed E-state index contributed by atoms with van der Waals surface area (Å²) in [6.07, 6.45) is 0. The van der Waals surface area contributed by atoms with Crippen LogP contribution in [0.15, 0.2) is 182 Å². The van der Waals surface area contributed by atoms with Gasteiger partial charge in [0.25, 0.3) is 0 Å². The Hall–Kier alpha value is -4.41. The minimum atomic E-state index is -2.12. The normalized spacial score (nSPS) is 11.4. The van der Waals surface area contributed by atoms with E-state index < -0.39 is 19.7 Å². The Labute approximate surface area is 254 Å². The third-order valence-electron chi connectivity index (χ3n) is 7.39. The van der Waals surface area contributed by atoms with Crippen LogP contribution in [0.1, 0.15) is 33.4 Å². The van der Waals surface area contributed by atoms with Crippen LogP contribution >= 0.6 is 8.53 Å². The summed E-state index contributed by atoms with van der Waals surface area (Å²) in [7, 11) is -2.12. The predicted molar refractivity (Wildman–Crippen MR) is 175 cm³/mol. The summed E-state index contributed by atoms with van der Waals surface area (Å²) in [6.45, 7) is 0. The smallest absolute Gasteiger partial charge is 0.247 e. The maximum Gasteiger partial charge on any atom is 0.247 e. The monoisotopic (exact) mass is 583 g/mol. The van der Waals surface area contributed by atoms with Crippen LogP contribution in [0.5, 0.6) is 0 Å². The van der Waals surface area contributed by atoms with E-state index in [1.165, 1.54) is 0 Å². The molecule has 6 rings (SSSR count). The van der Waals surface area contributed by atoms with E-state index in [0.717, 1.165) is 33.4 Å². The van der Waals surface area contributed by atoms with E-state index in [9.17, 15) is 0 Å². The second-order valence-electron chi connectivity index (χ2n) is 9.98. The summed E-state index contributed by atoms with van der Waals surface area (Å²) in [5, 5.41) is 0. The molecule has 4 N–H and O–H groups in total. The zero-order chi connectivity index (χ0) is 30.0. The van der Waals surface area contributed by atoms with Crippen molar-refractivity contribution in [1.29, 1.82) is 0 Å². The Morgan fingerprint density at radius 2 is 0.488 bits per heavy atom. The average Bonchev–Trinajstić information content (AvgIpc) is 3.08. The van der Waals surface area contributed by atoms with Gasteiger partial charge in [0.05, 0.1) is 0 Å². The second kappa shape index (κ2) is 14.2. The molecule has 0 aromatic heterocycles. The van der Waals surface area contributed by atoms with E-state index in [0.29, 0.717) is 0 Å². The van der Waals surface area contributed by atoms with Crippen molar-refractivity contribution in [2.75, 3.05) is 0 Å². The molecule has 0 unspecified atom stereocenters. The van der Waals surface area contributed by atoms with Crippen LogP contribution in [0.3, 0.4) is 0 Å². The zero-order valence-corrected chi connectivity index (χ0v) is 24.5. The summed E-state index contributed by atoms with van der Waals surface area (Å²) in [6, 6.07) is 63.5. The highest BCUT2D eigenvalue weighted by Crippen LogP contribution is 2.51. The molecule has 0 aliphatic carbocycles. The van der Waals surface area contributed by atoms with Crippen LogP contribution in [0.25, 0.3) is 0 Å². The van der Waals surface area contributed by atoms with Gasteiger partial charge in [-0.25, -0.2) is 0 Å². The van der Waals surface area contributed by atoms with Crippen LogP contribution in [-0.2, 0) is 15.9 Å². The molecule has 0 radical (unpaired) electrons. The molecule has 4 nitrogen and oxygen atoms in total. The minimum absolute atomic E-state index is 0.925. The van der Waals surface area contributed by atoms with Crippen molar-refractivity contribution in [3.05, 3.63) is 215 Å². The molecule has 5 heteroatoms. The van der Waals surface area contributed by atoms with Crippen molar-refractivity contribution >= 4 is 8.53 Å². The Balaban J connectivity index is 0.000000868. The average molecular weight is 584 g/mol. The van der Waals surface area contributed by atoms with Gasteiger partial charge in [-0.05, 0) is 33.4 Å². The van der Waals surface area contributed by atoms with Gasteiger partial charge in [-0.2, -0.15) is 0 Å². The fourth-order valence-corrected chi connectivity index (χ4v) is 5.62. The van der Waals surface area contributed by atoms with Crippen LogP contribution < -0.4 is 5.50 Å². The first kappa shape index (κ1) is 30.1. The lowest BCUT2D eigenvalue weighted by Gasteiger charge is -2.46. The topological polar surface area (TPSA) is 75.7 Å². The lowest BCUT2D eigenvalue weighted by Crippen LogP contribution is -2.44. The molecule has 214 valence electrons. The number of rotatable bonds is 8. The Kier molecular flexibility index (Phi) is 9.91. The molecule has 6 aromatic carbocycles. The third kappa shape index (κ3) is 6.50. The molecule has 0 fully saturated rings. The third-order valence-corrected chi connectivity index (χ3v) is 7.39. The molecule has 0 amide bonds. The van der Waals surface area contributed by atoms with Gasteiger partial charge >= 0.3 is 0 Å². The van der Waals surface area contributed by atoms with Gasteiger partial charge in [0, 0.05) is 0 Å². The highest BCUT2D eigenvalue weighted by Gasteiger charge is 2.48. The summed E-state index contributed by atoms with van der Waals surface area (Å²) in [5.41, 5.74) is 8.82. The molecule has 0 aliphatic rings. The molecule has 0 saturated heterocycles. The number of hydrogen-bond donors (Lipinski definition) is 3. The van der Waals surface area contributed by atoms with E-state index in [-0.39, 0.29) is 0 Å². The maximum absolute atomic E-state index is 7.94. The molecular weight excluding hydrogens is 549 g/mol. The van der Waals surface area contributed by atoms with Gasteiger partial charge in [0.15, 0.2) is 0 Å². The fourth-order valence-electron chi connectivity index (χ4n) is 5.62. The van der Waals surface area contributed by atoms with Gasteiger partial charge in [-0.3, -0.25) is 5.50 Å². The number of benzene rings is 6. The van der Waals surface area contributed by atoms with Gasteiger partial charge in [0.1, 0.15) is 11.2 Å². The molecule has 0 atom stereocenters. The van der Waals surface area contributed by atoms with Crippen LogP contribution in [-0.4, -0.2) is 9.79 Å². The van der Waals surface area contributed by atoms with Crippen molar-refractivity contribution < 1.29 is 14.5 Å². The SMILES string of the molecule is NP(O)O.c1ccc(C(OC(c2ccccc2)(c2ccccc2)c2ccccc2)(c2ccccc2)c2ccccc2)cc1. The second-order valence-corrected chi connectivity index (χ2v) is 10.6. The Morgan fingerprint density at radius 3 is 0.628 bits per heavy atom. The first-order valence-electron chi connectivity index (χ1n) is 14.0. The van der Waals surface area contributed by atoms with Gasteiger partial charge in [-0.15, -0.1) is 0 Å². The number of nitrogens with two attached hydrogens (primary N) is 1. The number of ether oxygens (including phenoxy) is 1. The first-order valence-corrected chi connectivity index (χ1v) is 15.3. The Morgan fingerprint density at radius 1 is 0.349 bits per heavy atom. The minimum Gasteiger partial charge on any atom is -0.340 e. The molecule has 0 saturated carbocycles. The maximum atomic E-state index is 7.94. The van der Waals surface area contributed by atoms with Crippen molar-refractivity contribution in [2.24, 2.45) is 5.50 Å². The highest BCUT2D eigenvalue weighted by molar-refractivity contribution is 7.42. The lowest BCUT2D eigenvalue weighted by molar-refractivity contribution is -0.0810. The van der Waals surface area contributed by atoms with Crippen LogP contribution in [0.4, 0.5) is 0 Å². The highest BCUT2D eigenvalue weighted by atomic mass is 31.2. The van der Waals surface area contributed by atoms with E-state index in [4.69, 9.17) is 14.5 Å². The fraction of sp³-hybridized carbons (Fsp3) is 0.0526. The number of hydrogen-bond acceptors (Lipinski definition) is 4. The largest absolute Gasteiger partial charge is 0.340 e. The van der Waals surface area contributed by atoms with Crippen molar-refractivity contribution in [3.8, 4) is 0 Å². The molecule has 0 spiro atoms. The first-order chi connectivity index (χ1) is 21.1. The zero-order valence-electron chi connectivity index (χ0n) is 23.6. The molecular formula is C38H34NO3P. The molecule has 6 aromatic rings. The van der Waals surface area contributed by atoms with E-state index in [2.05, 4.69) is 187 Å². The standard InChI is InChI=1S/C38H30O.H4NO2P/c1-7-19-31(20-8-1)37(32-21-9-2-10-22-32,33-23-11-3-12-24-33)39-38(34-25-13-4-14-26-34,35-27-15-5-16-28-35)36-29-17-6-18-30-36;1-4(2)3/h1-30H;2-3H,1H2.